The number of rotatable bonds is 3. The molecule has 0 unspecified atom stereocenters. The molecule has 0 aliphatic carbocycles. The van der Waals surface area contributed by atoms with Crippen LogP contribution in [-0.2, 0) is 10.1 Å². The van der Waals surface area contributed by atoms with Gasteiger partial charge in [0.05, 0.1) is 5.75 Å². The molecule has 0 spiro atoms. The smallest absolute Gasteiger partial charge is 0.349 e. The van der Waals surface area contributed by atoms with Crippen LogP contribution in [0.3, 0.4) is 0 Å². The van der Waals surface area contributed by atoms with E-state index in [1.165, 1.54) is 0 Å². The van der Waals surface area contributed by atoms with E-state index in [0.717, 1.165) is 12.2 Å². The van der Waals surface area contributed by atoms with Gasteiger partial charge in [0.15, 0.2) is 0 Å². The van der Waals surface area contributed by atoms with E-state index in [-0.39, 0.29) is 5.75 Å². The highest BCUT2D eigenvalue weighted by Crippen LogP contribution is 1.90. The predicted molar refractivity (Wildman–Crippen MR) is 61.8 cm³/mol. The molecule has 0 fully saturated rings. The van der Waals surface area contributed by atoms with Crippen LogP contribution in [-0.4, -0.2) is 35.4 Å². The number of nitrogens with one attached hydrogen (secondary N) is 1. The van der Waals surface area contributed by atoms with E-state index in [9.17, 15) is 21.6 Å². The summed E-state index contributed by atoms with van der Waals surface area (Å²) in [7, 11) is -3.69. The Hall–Kier alpha value is -1.09. The van der Waals surface area contributed by atoms with E-state index >= 15 is 0 Å². The Kier molecular flexibility index (Phi) is 11.8. The fraction of sp³-hybridized carbons (Fsp3) is 0.667. The van der Waals surface area contributed by atoms with E-state index in [0.29, 0.717) is 6.42 Å². The Labute approximate surface area is 104 Å². The number of hydrogen-bond donors (Lipinski definition) is 2. The minimum absolute atomic E-state index is 0.108. The first-order chi connectivity index (χ1) is 8.19. The molecule has 9 heteroatoms. The van der Waals surface area contributed by atoms with Crippen molar-refractivity contribution in [2.75, 3.05) is 5.75 Å². The number of aryl methyl sites for hydroxylation is 1. The molecular weight excluding hydrogens is 273 g/mol. The monoisotopic (exact) mass is 290 g/mol. The maximum Gasteiger partial charge on any atom is 0.379 e. The van der Waals surface area contributed by atoms with Crippen LogP contribution in [0, 0.1) is 6.92 Å². The molecule has 0 aliphatic heterocycles. The van der Waals surface area contributed by atoms with Crippen LogP contribution >= 0.6 is 0 Å². The first-order valence-electron chi connectivity index (χ1n) is 5.02. The van der Waals surface area contributed by atoms with E-state index in [4.69, 9.17) is 4.55 Å². The van der Waals surface area contributed by atoms with Crippen LogP contribution in [0.5, 0.6) is 0 Å². The summed E-state index contributed by atoms with van der Waals surface area (Å²) in [6.45, 7) is 0.116. The van der Waals surface area contributed by atoms with Crippen molar-refractivity contribution < 1.29 is 26.1 Å². The standard InChI is InChI=1S/C4H6N2.C4H10O3S.CHF3/c1-4-5-2-3-6-4;1-2-3-4-8(5,6)7;2-1(3)4/h2-3H,1H3,(H,5,6);2-4H2,1H3,(H,5,6,7);1H. The Morgan fingerprint density at radius 2 is 1.94 bits per heavy atom. The summed E-state index contributed by atoms with van der Waals surface area (Å²) in [5.41, 5.74) is 0. The summed E-state index contributed by atoms with van der Waals surface area (Å²) in [4.78, 5) is 6.75. The third-order valence-corrected chi connectivity index (χ3v) is 2.20. The second kappa shape index (κ2) is 11.0. The van der Waals surface area contributed by atoms with Gasteiger partial charge in [-0.2, -0.15) is 21.6 Å². The number of alkyl halides is 3. The minimum Gasteiger partial charge on any atom is -0.349 e. The van der Waals surface area contributed by atoms with Gasteiger partial charge in [0.2, 0.25) is 0 Å². The van der Waals surface area contributed by atoms with E-state index in [1.54, 1.807) is 12.4 Å². The Balaban J connectivity index is 0. The van der Waals surface area contributed by atoms with Gasteiger partial charge in [-0.3, -0.25) is 4.55 Å². The van der Waals surface area contributed by atoms with Crippen molar-refractivity contribution in [3.05, 3.63) is 18.2 Å². The molecule has 0 radical (unpaired) electrons. The number of hydrogen-bond acceptors (Lipinski definition) is 3. The van der Waals surface area contributed by atoms with Gasteiger partial charge in [-0.05, 0) is 13.3 Å². The van der Waals surface area contributed by atoms with Crippen LogP contribution in [0.15, 0.2) is 12.4 Å². The first kappa shape index (κ1) is 19.3. The normalized spacial score (nSPS) is 10.2. The molecule has 0 atom stereocenters. The Morgan fingerprint density at radius 1 is 1.44 bits per heavy atom. The fourth-order valence-corrected chi connectivity index (χ4v) is 1.32. The number of unbranched alkanes of at least 4 members (excludes halogenated alkanes) is 1. The van der Waals surface area contributed by atoms with Gasteiger partial charge in [0, 0.05) is 12.4 Å². The lowest BCUT2D eigenvalue weighted by molar-refractivity contribution is 0.00819. The molecule has 0 bridgehead atoms. The molecule has 5 nitrogen and oxygen atoms in total. The number of aromatic nitrogens is 2. The largest absolute Gasteiger partial charge is 0.379 e. The van der Waals surface area contributed by atoms with Crippen LogP contribution in [0.4, 0.5) is 13.2 Å². The van der Waals surface area contributed by atoms with Gasteiger partial charge in [0.25, 0.3) is 10.1 Å². The molecule has 1 heterocycles. The number of nitrogens with zero attached hydrogens (tertiary/aromatic N) is 1. The summed E-state index contributed by atoms with van der Waals surface area (Å²) in [6, 6.07) is 0. The summed E-state index contributed by atoms with van der Waals surface area (Å²) in [5.74, 6) is 0.860. The molecule has 1 aromatic heterocycles. The lowest BCUT2D eigenvalue weighted by Gasteiger charge is -1.90. The second-order valence-electron chi connectivity index (χ2n) is 3.06. The van der Waals surface area contributed by atoms with E-state index < -0.39 is 16.8 Å². The summed E-state index contributed by atoms with van der Waals surface area (Å²) in [5, 5.41) is 0. The molecule has 0 aliphatic rings. The van der Waals surface area contributed by atoms with E-state index in [1.807, 2.05) is 13.8 Å². The number of aromatic amines is 1. The number of H-pyrrole nitrogens is 1. The highest BCUT2D eigenvalue weighted by molar-refractivity contribution is 7.85. The second-order valence-corrected chi connectivity index (χ2v) is 4.63. The molecule has 0 saturated heterocycles. The third kappa shape index (κ3) is 24.2. The first-order valence-corrected chi connectivity index (χ1v) is 6.63. The predicted octanol–water partition coefficient (Wildman–Crippen LogP) is 2.57. The Morgan fingerprint density at radius 3 is 2.06 bits per heavy atom. The fourth-order valence-electron chi connectivity index (χ4n) is 0.671. The van der Waals surface area contributed by atoms with Crippen molar-refractivity contribution in [2.24, 2.45) is 0 Å². The van der Waals surface area contributed by atoms with Gasteiger partial charge >= 0.3 is 6.68 Å². The number of halogens is 3. The lowest BCUT2D eigenvalue weighted by Crippen LogP contribution is -2.02. The molecule has 18 heavy (non-hydrogen) atoms. The maximum absolute atomic E-state index is 9.95. The molecule has 108 valence electrons. The molecule has 1 rings (SSSR count). The van der Waals surface area contributed by atoms with Crippen molar-refractivity contribution in [1.82, 2.24) is 9.97 Å². The highest BCUT2D eigenvalue weighted by atomic mass is 32.2. The molecule has 0 aromatic carbocycles. The van der Waals surface area contributed by atoms with Gasteiger partial charge < -0.3 is 4.98 Å². The lowest BCUT2D eigenvalue weighted by atomic mass is 10.4. The Bertz CT molecular complexity index is 366. The molecule has 0 saturated carbocycles. The zero-order chi connectivity index (χ0) is 14.6. The SMILES string of the molecule is CCCCS(=O)(=O)O.Cc1ncc[nH]1.FC(F)F. The minimum atomic E-state index is -3.69. The highest BCUT2D eigenvalue weighted by Gasteiger charge is 2.00. The van der Waals surface area contributed by atoms with Gasteiger partial charge in [-0.15, -0.1) is 0 Å². The van der Waals surface area contributed by atoms with Crippen LogP contribution in [0.2, 0.25) is 0 Å². The summed E-state index contributed by atoms with van der Waals surface area (Å²) in [6.07, 6.45) is 4.86. The van der Waals surface area contributed by atoms with Gasteiger partial charge in [0.1, 0.15) is 5.82 Å². The average molecular weight is 290 g/mol. The molecular formula is C9H17F3N2O3S. The van der Waals surface area contributed by atoms with Crippen molar-refractivity contribution in [3.63, 3.8) is 0 Å². The number of imidazole rings is 1. The van der Waals surface area contributed by atoms with Gasteiger partial charge in [-0.1, -0.05) is 13.3 Å². The van der Waals surface area contributed by atoms with Crippen LogP contribution in [0.25, 0.3) is 0 Å². The zero-order valence-electron chi connectivity index (χ0n) is 10.1. The molecule has 2 N–H and O–H groups in total. The molecule has 0 amide bonds. The maximum atomic E-state index is 9.95. The van der Waals surface area contributed by atoms with E-state index in [2.05, 4.69) is 9.97 Å². The molecule has 1 aromatic rings. The van der Waals surface area contributed by atoms with Crippen molar-refractivity contribution in [1.29, 1.82) is 0 Å². The average Bonchev–Trinajstić information content (AvgIpc) is 2.65. The third-order valence-electron chi connectivity index (χ3n) is 1.39. The summed E-state index contributed by atoms with van der Waals surface area (Å²) >= 11 is 0. The quantitative estimate of drug-likeness (QED) is 0.838. The van der Waals surface area contributed by atoms with Crippen LogP contribution in [0.1, 0.15) is 25.6 Å². The van der Waals surface area contributed by atoms with Crippen molar-refractivity contribution in [3.8, 4) is 0 Å². The zero-order valence-corrected chi connectivity index (χ0v) is 10.9. The van der Waals surface area contributed by atoms with Crippen molar-refractivity contribution in [2.45, 2.75) is 33.4 Å². The summed E-state index contributed by atoms with van der Waals surface area (Å²) < 4.78 is 57.0. The van der Waals surface area contributed by atoms with Crippen molar-refractivity contribution >= 4 is 10.1 Å². The topological polar surface area (TPSA) is 83.1 Å². The van der Waals surface area contributed by atoms with Crippen LogP contribution < -0.4 is 0 Å². The van der Waals surface area contributed by atoms with Gasteiger partial charge in [-0.25, -0.2) is 4.98 Å².